The third-order valence-electron chi connectivity index (χ3n) is 6.58. The number of carboxylic acids is 1. The second kappa shape index (κ2) is 16.4. The predicted molar refractivity (Wildman–Crippen MR) is 183 cm³/mol. The molecule has 0 aliphatic rings. The average molecular weight is 725 g/mol. The topological polar surface area (TPSA) is 220 Å². The van der Waals surface area contributed by atoms with E-state index in [9.17, 15) is 19.2 Å². The number of rotatable bonds is 8. The van der Waals surface area contributed by atoms with Gasteiger partial charge in [0.15, 0.2) is 5.69 Å². The molecular weight excluding hydrogens is 693 g/mol. The molecule has 0 aliphatic carbocycles. The molecule has 16 nitrogen and oxygen atoms in total. The molecule has 0 radical (unpaired) electrons. The first kappa shape index (κ1) is 38.4. The molecule has 3 N–H and O–H groups in total. The number of nitrogens with two attached hydrogens (primary N) is 1. The molecular formula is C32H31Cl2N9O7. The van der Waals surface area contributed by atoms with Crippen molar-refractivity contribution in [1.29, 1.82) is 0 Å². The molecule has 18 heteroatoms. The van der Waals surface area contributed by atoms with Gasteiger partial charge in [-0.1, -0.05) is 50.2 Å². The Morgan fingerprint density at radius 3 is 1.48 bits per heavy atom. The van der Waals surface area contributed by atoms with E-state index in [4.69, 9.17) is 34.0 Å². The minimum Gasteiger partial charge on any atom is -0.476 e. The van der Waals surface area contributed by atoms with E-state index in [1.54, 1.807) is 24.5 Å². The average Bonchev–Trinajstić information content (AvgIpc) is 3.69. The van der Waals surface area contributed by atoms with Gasteiger partial charge < -0.3 is 20.3 Å². The quantitative estimate of drug-likeness (QED) is 0.204. The van der Waals surface area contributed by atoms with E-state index in [-0.39, 0.29) is 45.0 Å². The van der Waals surface area contributed by atoms with Gasteiger partial charge in [-0.25, -0.2) is 14.4 Å². The second-order valence-corrected chi connectivity index (χ2v) is 10.7. The molecule has 0 spiro atoms. The number of primary amides is 1. The predicted octanol–water partition coefficient (Wildman–Crippen LogP) is 4.70. The summed E-state index contributed by atoms with van der Waals surface area (Å²) in [5.41, 5.74) is 7.20. The van der Waals surface area contributed by atoms with E-state index in [1.165, 1.54) is 11.9 Å². The normalized spacial score (nSPS) is 10.3. The fourth-order valence-electron chi connectivity index (χ4n) is 4.45. The lowest BCUT2D eigenvalue weighted by Gasteiger charge is -2.03. The van der Waals surface area contributed by atoms with Gasteiger partial charge in [0.1, 0.15) is 0 Å². The van der Waals surface area contributed by atoms with Crippen LogP contribution in [-0.2, 0) is 22.6 Å². The van der Waals surface area contributed by atoms with Gasteiger partial charge in [0.2, 0.25) is 17.1 Å². The van der Waals surface area contributed by atoms with Gasteiger partial charge >= 0.3 is 17.9 Å². The minimum absolute atomic E-state index is 0. The SMILES string of the molecule is C.C.COC(=O)c1nn(Cc2ccc3ncc(Cl)cc3c2)nc1C(=O)O.COC(=O)c1nn(Cc2ccc3ncc(Cl)cc3c2)nc1C(N)=O. The number of aromatic nitrogens is 8. The Kier molecular flexibility index (Phi) is 12.6. The summed E-state index contributed by atoms with van der Waals surface area (Å²) in [7, 11) is 2.33. The lowest BCUT2D eigenvalue weighted by Crippen LogP contribution is -2.17. The van der Waals surface area contributed by atoms with Gasteiger partial charge in [0.05, 0.1) is 48.4 Å². The third kappa shape index (κ3) is 8.72. The van der Waals surface area contributed by atoms with Gasteiger partial charge in [-0.2, -0.15) is 9.59 Å². The molecule has 0 saturated heterocycles. The Morgan fingerprint density at radius 1 is 0.680 bits per heavy atom. The lowest BCUT2D eigenvalue weighted by molar-refractivity contribution is 0.0574. The summed E-state index contributed by atoms with van der Waals surface area (Å²) in [5, 5.41) is 27.5. The van der Waals surface area contributed by atoms with Gasteiger partial charge in [0.25, 0.3) is 5.91 Å². The molecule has 0 atom stereocenters. The zero-order chi connectivity index (χ0) is 34.5. The van der Waals surface area contributed by atoms with Crippen LogP contribution < -0.4 is 5.73 Å². The molecule has 0 aliphatic heterocycles. The second-order valence-electron chi connectivity index (χ2n) is 9.87. The van der Waals surface area contributed by atoms with Crippen molar-refractivity contribution in [3.05, 3.63) is 105 Å². The molecule has 50 heavy (non-hydrogen) atoms. The van der Waals surface area contributed by atoms with E-state index >= 15 is 0 Å². The van der Waals surface area contributed by atoms with Crippen molar-refractivity contribution in [3.8, 4) is 0 Å². The molecule has 260 valence electrons. The number of methoxy groups -OCH3 is 2. The van der Waals surface area contributed by atoms with E-state index in [1.807, 2.05) is 36.4 Å². The van der Waals surface area contributed by atoms with Crippen molar-refractivity contribution in [2.24, 2.45) is 5.73 Å². The van der Waals surface area contributed by atoms with Crippen LogP contribution in [0.5, 0.6) is 0 Å². The van der Waals surface area contributed by atoms with Crippen LogP contribution in [0.4, 0.5) is 0 Å². The third-order valence-corrected chi connectivity index (χ3v) is 6.99. The summed E-state index contributed by atoms with van der Waals surface area (Å²) in [6.07, 6.45) is 3.13. The summed E-state index contributed by atoms with van der Waals surface area (Å²) in [5.74, 6) is -3.83. The highest BCUT2D eigenvalue weighted by atomic mass is 35.5. The van der Waals surface area contributed by atoms with E-state index in [0.717, 1.165) is 44.8 Å². The van der Waals surface area contributed by atoms with Crippen LogP contribution in [0.3, 0.4) is 0 Å². The number of carbonyl (C=O) groups excluding carboxylic acids is 3. The Hall–Kier alpha value is -6.00. The fraction of sp³-hybridized carbons (Fsp3) is 0.188. The Balaban J connectivity index is 0.000000260. The number of fused-ring (bicyclic) bond motifs is 2. The van der Waals surface area contributed by atoms with Crippen LogP contribution in [0.25, 0.3) is 21.8 Å². The number of carbonyl (C=O) groups is 4. The maximum atomic E-state index is 11.6. The number of carboxylic acid groups (broad SMARTS) is 1. The summed E-state index contributed by atoms with van der Waals surface area (Å²) in [4.78, 5) is 56.6. The van der Waals surface area contributed by atoms with E-state index in [0.29, 0.717) is 10.0 Å². The number of hydrogen-bond donors (Lipinski definition) is 2. The number of esters is 2. The summed E-state index contributed by atoms with van der Waals surface area (Å²) < 4.78 is 9.10. The van der Waals surface area contributed by atoms with E-state index < -0.39 is 29.5 Å². The summed E-state index contributed by atoms with van der Waals surface area (Å²) in [6.45, 7) is 0.416. The van der Waals surface area contributed by atoms with Gasteiger partial charge in [0, 0.05) is 23.2 Å². The molecule has 1 amide bonds. The first-order chi connectivity index (χ1) is 22.9. The Labute approximate surface area is 294 Å². The van der Waals surface area contributed by atoms with Crippen LogP contribution in [0.1, 0.15) is 67.9 Å². The molecule has 0 saturated carbocycles. The molecule has 4 heterocycles. The fourth-order valence-corrected chi connectivity index (χ4v) is 4.78. The lowest BCUT2D eigenvalue weighted by atomic mass is 10.1. The highest BCUT2D eigenvalue weighted by Gasteiger charge is 2.25. The number of benzene rings is 2. The zero-order valence-electron chi connectivity index (χ0n) is 25.0. The van der Waals surface area contributed by atoms with Crippen molar-refractivity contribution < 1.29 is 33.8 Å². The zero-order valence-corrected chi connectivity index (χ0v) is 26.5. The molecule has 6 aromatic rings. The largest absolute Gasteiger partial charge is 0.476 e. The van der Waals surface area contributed by atoms with Gasteiger partial charge in [-0.3, -0.25) is 14.8 Å². The van der Waals surface area contributed by atoms with Crippen LogP contribution in [-0.4, -0.2) is 83.1 Å². The highest BCUT2D eigenvalue weighted by Crippen LogP contribution is 2.20. The van der Waals surface area contributed by atoms with Crippen molar-refractivity contribution in [3.63, 3.8) is 0 Å². The maximum absolute atomic E-state index is 11.6. The van der Waals surface area contributed by atoms with Crippen molar-refractivity contribution in [2.75, 3.05) is 14.2 Å². The molecule has 0 fully saturated rings. The number of amides is 1. The first-order valence-electron chi connectivity index (χ1n) is 13.6. The highest BCUT2D eigenvalue weighted by molar-refractivity contribution is 6.31. The van der Waals surface area contributed by atoms with Crippen LogP contribution in [0.2, 0.25) is 10.0 Å². The van der Waals surface area contributed by atoms with Crippen LogP contribution in [0, 0.1) is 0 Å². The van der Waals surface area contributed by atoms with Crippen LogP contribution >= 0.6 is 23.2 Å². The first-order valence-corrected chi connectivity index (χ1v) is 14.4. The van der Waals surface area contributed by atoms with Crippen molar-refractivity contribution in [1.82, 2.24) is 40.0 Å². The number of hydrogen-bond acceptors (Lipinski definition) is 12. The maximum Gasteiger partial charge on any atom is 0.361 e. The Morgan fingerprint density at radius 2 is 1.08 bits per heavy atom. The standard InChI is InChI=1S/C15H12ClN5O3.C15H11ClN4O4.2CH4/c1-24-15(23)13-12(14(17)22)19-21(20-13)7-8-2-3-11-9(4-8)5-10(16)6-18-11;1-24-15(23)13-12(14(21)22)18-20(19-13)7-8-2-3-11-9(4-8)5-10(16)6-17-11;;/h2-6H,7H2,1H3,(H2,17,22);2-6H,7H2,1H3,(H,21,22);2*1H4. The molecule has 0 bridgehead atoms. The van der Waals surface area contributed by atoms with Crippen molar-refractivity contribution in [2.45, 2.75) is 27.9 Å². The number of halogens is 2. The number of aromatic carboxylic acids is 1. The smallest absolute Gasteiger partial charge is 0.361 e. The van der Waals surface area contributed by atoms with Crippen molar-refractivity contribution >= 4 is 68.8 Å². The molecule has 0 unspecified atom stereocenters. The number of ether oxygens (including phenoxy) is 2. The van der Waals surface area contributed by atoms with E-state index in [2.05, 4.69) is 39.8 Å². The minimum atomic E-state index is -1.35. The van der Waals surface area contributed by atoms with Gasteiger partial charge in [-0.05, 0) is 47.5 Å². The molecule has 2 aromatic carbocycles. The number of nitrogens with zero attached hydrogens (tertiary/aromatic N) is 8. The van der Waals surface area contributed by atoms with Crippen LogP contribution in [0.15, 0.2) is 60.9 Å². The number of pyridine rings is 2. The molecule has 4 aromatic heterocycles. The van der Waals surface area contributed by atoms with Gasteiger partial charge in [-0.15, -0.1) is 20.4 Å². The molecule has 6 rings (SSSR count). The summed E-state index contributed by atoms with van der Waals surface area (Å²) >= 11 is 11.9. The monoisotopic (exact) mass is 723 g/mol. The summed E-state index contributed by atoms with van der Waals surface area (Å²) in [6, 6.07) is 14.6. The Bertz CT molecular complexity index is 2060.